The van der Waals surface area contributed by atoms with Crippen molar-refractivity contribution in [3.8, 4) is 0 Å². The van der Waals surface area contributed by atoms with Gasteiger partial charge in [-0.05, 0) is 30.7 Å². The highest BCUT2D eigenvalue weighted by Crippen LogP contribution is 2.23. The second kappa shape index (κ2) is 9.02. The van der Waals surface area contributed by atoms with Crippen LogP contribution in [0.1, 0.15) is 6.42 Å². The molecule has 1 heterocycles. The predicted octanol–water partition coefficient (Wildman–Crippen LogP) is 2.10. The Kier molecular flexibility index (Phi) is 6.57. The van der Waals surface area contributed by atoms with Crippen LogP contribution in [0.15, 0.2) is 70.6 Å². The molecule has 0 atom stereocenters. The molecule has 2 aromatic rings. The van der Waals surface area contributed by atoms with E-state index in [1.165, 1.54) is 12.3 Å². The van der Waals surface area contributed by atoms with E-state index in [2.05, 4.69) is 0 Å². The molecule has 0 aromatic heterocycles. The van der Waals surface area contributed by atoms with Crippen LogP contribution in [0, 0.1) is 20.2 Å². The largest absolute Gasteiger partial charge is 0.274 e. The minimum atomic E-state index is -3.97. The molecule has 0 N–H and O–H groups in total. The molecule has 0 aliphatic carbocycles. The molecule has 2 aromatic carbocycles. The van der Waals surface area contributed by atoms with Gasteiger partial charge in [-0.3, -0.25) is 24.5 Å². The first kappa shape index (κ1) is 23.3. The zero-order valence-corrected chi connectivity index (χ0v) is 18.1. The van der Waals surface area contributed by atoms with E-state index in [0.29, 0.717) is 0 Å². The molecule has 14 heteroatoms. The van der Waals surface area contributed by atoms with Gasteiger partial charge >= 0.3 is 0 Å². The minimum absolute atomic E-state index is 0.0118. The normalized spacial score (nSPS) is 15.7. The Bertz CT molecular complexity index is 1260. The molecule has 0 spiro atoms. The molecule has 0 fully saturated rings. The topological polar surface area (TPSA) is 161 Å². The number of rotatable bonds is 6. The molecule has 0 saturated heterocycles. The average molecular weight is 482 g/mol. The van der Waals surface area contributed by atoms with E-state index in [1.54, 1.807) is 0 Å². The Balaban J connectivity index is 1.78. The summed E-state index contributed by atoms with van der Waals surface area (Å²) in [5.74, 6) is 0. The van der Waals surface area contributed by atoms with Gasteiger partial charge in [0, 0.05) is 50.1 Å². The Morgan fingerprint density at radius 3 is 1.66 bits per heavy atom. The molecule has 3 rings (SSSR count). The number of non-ortho nitro benzene ring substituents is 2. The van der Waals surface area contributed by atoms with Crippen molar-refractivity contribution >= 4 is 31.4 Å². The lowest BCUT2D eigenvalue weighted by atomic mass is 10.3. The summed E-state index contributed by atoms with van der Waals surface area (Å²) in [6.45, 7) is -0.0936. The molecule has 0 bridgehead atoms. The highest BCUT2D eigenvalue weighted by atomic mass is 32.2. The molecule has 0 amide bonds. The maximum absolute atomic E-state index is 12.9. The van der Waals surface area contributed by atoms with Gasteiger partial charge in [0.05, 0.1) is 19.6 Å². The van der Waals surface area contributed by atoms with Crippen LogP contribution in [0.3, 0.4) is 0 Å². The predicted molar refractivity (Wildman–Crippen MR) is 113 cm³/mol. The third kappa shape index (κ3) is 4.76. The van der Waals surface area contributed by atoms with Gasteiger partial charge in [0.25, 0.3) is 21.4 Å². The van der Waals surface area contributed by atoms with E-state index < -0.39 is 29.9 Å². The quantitative estimate of drug-likeness (QED) is 0.447. The van der Waals surface area contributed by atoms with Crippen molar-refractivity contribution in [2.75, 3.05) is 19.6 Å². The fourth-order valence-corrected chi connectivity index (χ4v) is 5.83. The van der Waals surface area contributed by atoms with Crippen molar-refractivity contribution in [1.82, 2.24) is 8.61 Å². The number of benzene rings is 2. The molecular formula is C18H18N4O8S2. The first-order chi connectivity index (χ1) is 15.0. The van der Waals surface area contributed by atoms with E-state index in [-0.39, 0.29) is 47.2 Å². The van der Waals surface area contributed by atoms with Crippen molar-refractivity contribution in [2.45, 2.75) is 16.2 Å². The van der Waals surface area contributed by atoms with E-state index in [4.69, 9.17) is 0 Å². The van der Waals surface area contributed by atoms with Crippen LogP contribution >= 0.6 is 0 Å². The van der Waals surface area contributed by atoms with Gasteiger partial charge in [-0.25, -0.2) is 16.8 Å². The van der Waals surface area contributed by atoms with Crippen LogP contribution in [-0.4, -0.2) is 54.9 Å². The number of nitrogens with zero attached hydrogens (tertiary/aromatic N) is 4. The number of nitro benzene ring substituents is 2. The fraction of sp³-hybridized carbons (Fsp3) is 0.222. The first-order valence-electron chi connectivity index (χ1n) is 9.21. The van der Waals surface area contributed by atoms with Crippen LogP contribution < -0.4 is 0 Å². The SMILES string of the molecule is O=[N+]([O-])c1ccc(S(=O)(=O)N2C=CCN(S(=O)(=O)c3ccc([N+](=O)[O-])cc3)CCC2)cc1. The van der Waals surface area contributed by atoms with Crippen molar-refractivity contribution in [3.63, 3.8) is 0 Å². The second-order valence-corrected chi connectivity index (χ2v) is 10.5. The zero-order chi connectivity index (χ0) is 23.5. The molecule has 0 saturated carbocycles. The summed E-state index contributed by atoms with van der Waals surface area (Å²) in [5, 5.41) is 21.5. The lowest BCUT2D eigenvalue weighted by Gasteiger charge is -2.27. The Morgan fingerprint density at radius 1 is 0.719 bits per heavy atom. The van der Waals surface area contributed by atoms with Gasteiger partial charge in [-0.15, -0.1) is 0 Å². The Hall–Kier alpha value is -3.36. The second-order valence-electron chi connectivity index (χ2n) is 6.72. The molecule has 1 aliphatic heterocycles. The Labute approximate surface area is 183 Å². The van der Waals surface area contributed by atoms with Gasteiger partial charge in [-0.2, -0.15) is 4.31 Å². The fourth-order valence-electron chi connectivity index (χ4n) is 3.03. The minimum Gasteiger partial charge on any atom is -0.274 e. The van der Waals surface area contributed by atoms with Gasteiger partial charge in [0.15, 0.2) is 0 Å². The highest BCUT2D eigenvalue weighted by Gasteiger charge is 2.28. The van der Waals surface area contributed by atoms with Crippen LogP contribution in [0.2, 0.25) is 0 Å². The van der Waals surface area contributed by atoms with E-state index in [1.807, 2.05) is 0 Å². The maximum Gasteiger partial charge on any atom is 0.269 e. The molecule has 170 valence electrons. The summed E-state index contributed by atoms with van der Waals surface area (Å²) in [4.78, 5) is 20.0. The van der Waals surface area contributed by atoms with Crippen LogP contribution in [0.4, 0.5) is 11.4 Å². The number of hydrogen-bond donors (Lipinski definition) is 0. The van der Waals surface area contributed by atoms with Crippen molar-refractivity contribution in [3.05, 3.63) is 81.0 Å². The standard InChI is InChI=1S/C18H18N4O8S2/c23-21(24)15-3-7-17(8-4-15)31(27,28)19-11-1-12-20(14-2-13-19)32(29,30)18-9-5-16(6-10-18)22(25)26/h1,3-11H,2,12-14H2. The van der Waals surface area contributed by atoms with Crippen molar-refractivity contribution in [1.29, 1.82) is 0 Å². The summed E-state index contributed by atoms with van der Waals surface area (Å²) in [5.41, 5.74) is -0.470. The number of sulfonamides is 2. The summed E-state index contributed by atoms with van der Waals surface area (Å²) in [7, 11) is -7.90. The summed E-state index contributed by atoms with van der Waals surface area (Å²) in [6.07, 6.45) is 2.82. The number of nitro groups is 2. The van der Waals surface area contributed by atoms with Gasteiger partial charge < -0.3 is 0 Å². The molecule has 32 heavy (non-hydrogen) atoms. The average Bonchev–Trinajstić information content (AvgIpc) is 2.73. The highest BCUT2D eigenvalue weighted by molar-refractivity contribution is 7.89. The smallest absolute Gasteiger partial charge is 0.269 e. The summed E-state index contributed by atoms with van der Waals surface area (Å²) >= 11 is 0. The number of hydrogen-bond acceptors (Lipinski definition) is 8. The van der Waals surface area contributed by atoms with Crippen LogP contribution in [0.5, 0.6) is 0 Å². The van der Waals surface area contributed by atoms with E-state index in [0.717, 1.165) is 57.1 Å². The van der Waals surface area contributed by atoms with E-state index in [9.17, 15) is 37.1 Å². The molecule has 0 radical (unpaired) electrons. The first-order valence-corrected chi connectivity index (χ1v) is 12.1. The molecular weight excluding hydrogens is 464 g/mol. The summed E-state index contributed by atoms with van der Waals surface area (Å²) in [6, 6.07) is 8.99. The lowest BCUT2D eigenvalue weighted by Crippen LogP contribution is -2.37. The van der Waals surface area contributed by atoms with E-state index >= 15 is 0 Å². The summed E-state index contributed by atoms with van der Waals surface area (Å²) < 4.78 is 53.6. The van der Waals surface area contributed by atoms with Crippen molar-refractivity contribution in [2.24, 2.45) is 0 Å². The van der Waals surface area contributed by atoms with Gasteiger partial charge in [0.2, 0.25) is 10.0 Å². The third-order valence-electron chi connectivity index (χ3n) is 4.71. The lowest BCUT2D eigenvalue weighted by molar-refractivity contribution is -0.385. The van der Waals surface area contributed by atoms with Crippen LogP contribution in [0.25, 0.3) is 0 Å². The molecule has 1 aliphatic rings. The monoisotopic (exact) mass is 482 g/mol. The van der Waals surface area contributed by atoms with Gasteiger partial charge in [-0.1, -0.05) is 6.08 Å². The Morgan fingerprint density at radius 2 is 1.19 bits per heavy atom. The maximum atomic E-state index is 12.9. The van der Waals surface area contributed by atoms with Gasteiger partial charge in [0.1, 0.15) is 0 Å². The zero-order valence-electron chi connectivity index (χ0n) is 16.5. The molecule has 12 nitrogen and oxygen atoms in total. The van der Waals surface area contributed by atoms with Crippen molar-refractivity contribution < 1.29 is 26.7 Å². The van der Waals surface area contributed by atoms with Crippen LogP contribution in [-0.2, 0) is 20.0 Å². The third-order valence-corrected chi connectivity index (χ3v) is 8.38. The molecule has 0 unspecified atom stereocenters.